The van der Waals surface area contributed by atoms with E-state index < -0.39 is 21.3 Å². The summed E-state index contributed by atoms with van der Waals surface area (Å²) in [7, 11) is -3.53. The van der Waals surface area contributed by atoms with Crippen molar-refractivity contribution in [2.75, 3.05) is 10.7 Å². The van der Waals surface area contributed by atoms with Crippen molar-refractivity contribution in [1.82, 2.24) is 0 Å². The zero-order valence-electron chi connectivity index (χ0n) is 14.6. The normalized spacial score (nSPS) is 17.5. The Morgan fingerprint density at radius 3 is 2.58 bits per heavy atom. The van der Waals surface area contributed by atoms with Crippen molar-refractivity contribution < 1.29 is 23.1 Å². The lowest BCUT2D eigenvalue weighted by atomic mass is 9.94. The zero-order valence-corrected chi connectivity index (χ0v) is 15.4. The van der Waals surface area contributed by atoms with Gasteiger partial charge in [-0.2, -0.15) is 0 Å². The lowest BCUT2D eigenvalue weighted by Gasteiger charge is -2.34. The van der Waals surface area contributed by atoms with Crippen molar-refractivity contribution in [3.63, 3.8) is 0 Å². The summed E-state index contributed by atoms with van der Waals surface area (Å²) in [5.74, 6) is 0.629. The van der Waals surface area contributed by atoms with E-state index in [0.717, 1.165) is 29.1 Å². The molecule has 0 spiro atoms. The van der Waals surface area contributed by atoms with Gasteiger partial charge < -0.3 is 9.84 Å². The smallest absolute Gasteiger partial charge is 0.412 e. The Kier molecular flexibility index (Phi) is 5.13. The van der Waals surface area contributed by atoms with E-state index >= 15 is 0 Å². The molecule has 1 amide bonds. The molecule has 0 radical (unpaired) electrons. The molecule has 134 valence electrons. The predicted octanol–water partition coefficient (Wildman–Crippen LogP) is 3.45. The highest BCUT2D eigenvalue weighted by Crippen LogP contribution is 2.36. The monoisotopic (exact) mass is 355 g/mol. The van der Waals surface area contributed by atoms with Gasteiger partial charge in [0.1, 0.15) is 16.7 Å². The van der Waals surface area contributed by atoms with Crippen molar-refractivity contribution >= 4 is 21.6 Å². The number of carboxylic acid groups (broad SMARTS) is 1. The minimum atomic E-state index is -3.53. The average Bonchev–Trinajstić information content (AvgIpc) is 2.50. The molecule has 1 heterocycles. The van der Waals surface area contributed by atoms with Crippen LogP contribution in [0, 0.1) is 0 Å². The second-order valence-electron chi connectivity index (χ2n) is 6.62. The topological polar surface area (TPSA) is 83.9 Å². The number of rotatable bonds is 5. The molecule has 7 heteroatoms. The first kappa shape index (κ1) is 18.6. The number of ether oxygens (including phenoxy) is 1. The van der Waals surface area contributed by atoms with Crippen LogP contribution in [-0.2, 0) is 16.3 Å². The van der Waals surface area contributed by atoms with Gasteiger partial charge in [-0.1, -0.05) is 13.8 Å². The average molecular weight is 355 g/mol. The Bertz CT molecular complexity index is 726. The molecule has 0 bridgehead atoms. The lowest BCUT2D eigenvalue weighted by Crippen LogP contribution is -2.45. The van der Waals surface area contributed by atoms with E-state index in [1.54, 1.807) is 25.1 Å². The van der Waals surface area contributed by atoms with Gasteiger partial charge in [0.05, 0.1) is 0 Å². The summed E-state index contributed by atoms with van der Waals surface area (Å²) >= 11 is 0. The number of fused-ring (bicyclic) bond motifs is 1. The van der Waals surface area contributed by atoms with E-state index in [1.807, 2.05) is 13.8 Å². The number of sulfone groups is 1. The Labute approximate surface area is 143 Å². The third kappa shape index (κ3) is 3.66. The summed E-state index contributed by atoms with van der Waals surface area (Å²) in [5.41, 5.74) is 1.02. The molecule has 0 fully saturated rings. The van der Waals surface area contributed by atoms with E-state index in [4.69, 9.17) is 4.74 Å². The molecule has 2 rings (SSSR count). The fourth-order valence-corrected chi connectivity index (χ4v) is 4.41. The Hall–Kier alpha value is -1.76. The molecule has 0 saturated heterocycles. The molecule has 6 nitrogen and oxygen atoms in total. The van der Waals surface area contributed by atoms with Crippen LogP contribution in [0.15, 0.2) is 18.2 Å². The summed E-state index contributed by atoms with van der Waals surface area (Å²) < 4.78 is 30.5. The maximum Gasteiger partial charge on any atom is 0.412 e. The molecule has 0 aromatic heterocycles. The van der Waals surface area contributed by atoms with Gasteiger partial charge in [-0.3, -0.25) is 4.90 Å². The molecule has 1 unspecified atom stereocenters. The van der Waals surface area contributed by atoms with Crippen molar-refractivity contribution in [3.05, 3.63) is 23.8 Å². The molecule has 1 aliphatic rings. The minimum absolute atomic E-state index is 0.0997. The van der Waals surface area contributed by atoms with Gasteiger partial charge in [0, 0.05) is 11.4 Å². The first-order valence-electron chi connectivity index (χ1n) is 8.17. The number of nitrogens with zero attached hydrogens (tertiary/aromatic N) is 1. The number of hydrogen-bond acceptors (Lipinski definition) is 4. The highest BCUT2D eigenvalue weighted by atomic mass is 32.2. The Morgan fingerprint density at radius 1 is 1.38 bits per heavy atom. The fourth-order valence-electron chi connectivity index (χ4n) is 2.98. The number of benzene rings is 1. The van der Waals surface area contributed by atoms with Crippen molar-refractivity contribution in [2.45, 2.75) is 57.9 Å². The van der Waals surface area contributed by atoms with Crippen LogP contribution in [-0.4, -0.2) is 36.3 Å². The third-order valence-electron chi connectivity index (χ3n) is 4.37. The molecule has 1 aromatic rings. The van der Waals surface area contributed by atoms with E-state index in [-0.39, 0.29) is 17.8 Å². The van der Waals surface area contributed by atoms with Crippen LogP contribution < -0.4 is 9.64 Å². The van der Waals surface area contributed by atoms with Crippen molar-refractivity contribution in [1.29, 1.82) is 0 Å². The van der Waals surface area contributed by atoms with E-state index in [0.29, 0.717) is 5.69 Å². The molecule has 1 N–H and O–H groups in total. The molecule has 1 aliphatic heterocycles. The zero-order chi connectivity index (χ0) is 18.1. The van der Waals surface area contributed by atoms with Crippen LogP contribution in [0.3, 0.4) is 0 Å². The summed E-state index contributed by atoms with van der Waals surface area (Å²) in [4.78, 5) is 12.7. The number of amides is 1. The van der Waals surface area contributed by atoms with Gasteiger partial charge in [0.25, 0.3) is 0 Å². The lowest BCUT2D eigenvalue weighted by molar-refractivity contribution is 0.0847. The van der Waals surface area contributed by atoms with Crippen LogP contribution in [0.5, 0.6) is 5.75 Å². The first-order chi connectivity index (χ1) is 11.1. The third-order valence-corrected chi connectivity index (χ3v) is 6.54. The van der Waals surface area contributed by atoms with Crippen LogP contribution in [0.4, 0.5) is 10.5 Å². The highest BCUT2D eigenvalue weighted by molar-refractivity contribution is 7.92. The largest absolute Gasteiger partial charge is 0.488 e. The second-order valence-corrected chi connectivity index (χ2v) is 9.07. The quantitative estimate of drug-likeness (QED) is 0.874. The van der Waals surface area contributed by atoms with Crippen LogP contribution in [0.1, 0.15) is 46.1 Å². The van der Waals surface area contributed by atoms with Crippen LogP contribution in [0.25, 0.3) is 0 Å². The van der Waals surface area contributed by atoms with E-state index in [1.165, 1.54) is 6.92 Å². The molecule has 1 aromatic carbocycles. The number of anilines is 1. The van der Waals surface area contributed by atoms with Crippen molar-refractivity contribution in [2.24, 2.45) is 0 Å². The maximum atomic E-state index is 12.3. The van der Waals surface area contributed by atoms with Gasteiger partial charge in [0.15, 0.2) is 9.84 Å². The number of hydrogen-bond donors (Lipinski definition) is 1. The number of carbonyl (C=O) groups is 1. The first-order valence-corrected chi connectivity index (χ1v) is 9.88. The summed E-state index contributed by atoms with van der Waals surface area (Å²) in [6.07, 6.45) is 0.515. The van der Waals surface area contributed by atoms with E-state index in [2.05, 4.69) is 0 Å². The highest BCUT2D eigenvalue weighted by Gasteiger charge is 2.34. The summed E-state index contributed by atoms with van der Waals surface area (Å²) in [6, 6.07) is 5.07. The molecule has 24 heavy (non-hydrogen) atoms. The molecule has 0 saturated carbocycles. The standard InChI is InChI=1S/C17H25NO5S/c1-5-15(24(21,22)6-2)18(16(19)20)13-7-8-14-12(11-13)9-10-17(3,4)23-14/h7-8,11,15H,5-6,9-10H2,1-4H3,(H,19,20). The summed E-state index contributed by atoms with van der Waals surface area (Å²) in [6.45, 7) is 7.22. The minimum Gasteiger partial charge on any atom is -0.488 e. The van der Waals surface area contributed by atoms with Crippen LogP contribution >= 0.6 is 0 Å². The van der Waals surface area contributed by atoms with Gasteiger partial charge in [-0.25, -0.2) is 13.2 Å². The predicted molar refractivity (Wildman–Crippen MR) is 93.5 cm³/mol. The van der Waals surface area contributed by atoms with Gasteiger partial charge in [-0.05, 0) is 56.9 Å². The number of aryl methyl sites for hydroxylation is 1. The Morgan fingerprint density at radius 2 is 2.04 bits per heavy atom. The van der Waals surface area contributed by atoms with Gasteiger partial charge in [0.2, 0.25) is 0 Å². The van der Waals surface area contributed by atoms with Crippen LogP contribution in [0.2, 0.25) is 0 Å². The van der Waals surface area contributed by atoms with Gasteiger partial charge >= 0.3 is 6.09 Å². The molecule has 0 aliphatic carbocycles. The molecular formula is C17H25NO5S. The molecular weight excluding hydrogens is 330 g/mol. The van der Waals surface area contributed by atoms with Crippen molar-refractivity contribution in [3.8, 4) is 5.75 Å². The summed E-state index contributed by atoms with van der Waals surface area (Å²) in [5, 5.41) is 8.52. The molecule has 1 atom stereocenters. The SMILES string of the molecule is CCC(N(C(=O)O)c1ccc2c(c1)CCC(C)(C)O2)S(=O)(=O)CC. The maximum absolute atomic E-state index is 12.3. The second kappa shape index (κ2) is 6.63. The van der Waals surface area contributed by atoms with Gasteiger partial charge in [-0.15, -0.1) is 0 Å². The Balaban J connectivity index is 2.45. The fraction of sp³-hybridized carbons (Fsp3) is 0.588. The van der Waals surface area contributed by atoms with E-state index in [9.17, 15) is 18.3 Å².